The fourth-order valence-corrected chi connectivity index (χ4v) is 2.77. The predicted molar refractivity (Wildman–Crippen MR) is 88.8 cm³/mol. The highest BCUT2D eigenvalue weighted by atomic mass is 35.5. The topological polar surface area (TPSA) is 33.1 Å². The van der Waals surface area contributed by atoms with E-state index >= 15 is 0 Å². The van der Waals surface area contributed by atoms with E-state index in [0.29, 0.717) is 0 Å². The third-order valence-corrected chi connectivity index (χ3v) is 3.68. The van der Waals surface area contributed by atoms with Crippen LogP contribution in [0.15, 0.2) is 30.6 Å². The molecule has 1 heterocycles. The number of para-hydroxylation sites is 1. The second kappa shape index (κ2) is 7.48. The Bertz CT molecular complexity index is 579. The van der Waals surface area contributed by atoms with Crippen molar-refractivity contribution in [1.29, 1.82) is 0 Å². The molecule has 0 saturated carbocycles. The van der Waals surface area contributed by atoms with Gasteiger partial charge in [0.1, 0.15) is 0 Å². The maximum atomic E-state index is 6.42. The third kappa shape index (κ3) is 4.22. The Labute approximate surface area is 131 Å². The van der Waals surface area contributed by atoms with Crippen molar-refractivity contribution >= 4 is 17.3 Å². The lowest BCUT2D eigenvalue weighted by atomic mass is 10.1. The third-order valence-electron chi connectivity index (χ3n) is 3.37. The fourth-order valence-electron chi connectivity index (χ4n) is 2.44. The average molecular weight is 307 g/mol. The molecule has 0 aliphatic rings. The van der Waals surface area contributed by atoms with Gasteiger partial charge in [0.15, 0.2) is 0 Å². The normalized spacial score (nSPS) is 10.9. The van der Waals surface area contributed by atoms with Crippen LogP contribution in [0.1, 0.15) is 24.5 Å². The summed E-state index contributed by atoms with van der Waals surface area (Å²) in [7, 11) is 4.00. The zero-order chi connectivity index (χ0) is 15.2. The van der Waals surface area contributed by atoms with E-state index in [9.17, 15) is 0 Å². The van der Waals surface area contributed by atoms with E-state index in [0.717, 1.165) is 36.8 Å². The number of nitrogens with one attached hydrogen (secondary N) is 1. The SMILES string of the molecule is CCCNCc1cccc(Cl)c1N(C)Cc1cnn(C)c1. The average Bonchev–Trinajstić information content (AvgIpc) is 2.84. The van der Waals surface area contributed by atoms with E-state index in [1.807, 2.05) is 36.3 Å². The van der Waals surface area contributed by atoms with E-state index in [4.69, 9.17) is 11.6 Å². The van der Waals surface area contributed by atoms with Crippen molar-refractivity contribution in [3.63, 3.8) is 0 Å². The molecular formula is C16H23ClN4. The van der Waals surface area contributed by atoms with Crippen LogP contribution in [0.4, 0.5) is 5.69 Å². The summed E-state index contributed by atoms with van der Waals surface area (Å²) >= 11 is 6.42. The summed E-state index contributed by atoms with van der Waals surface area (Å²) in [5.74, 6) is 0. The quantitative estimate of drug-likeness (QED) is 0.797. The lowest BCUT2D eigenvalue weighted by molar-refractivity contribution is 0.673. The molecule has 2 rings (SSSR count). The Hall–Kier alpha value is -1.52. The zero-order valence-electron chi connectivity index (χ0n) is 12.9. The summed E-state index contributed by atoms with van der Waals surface area (Å²) in [5.41, 5.74) is 3.49. The number of hydrogen-bond acceptors (Lipinski definition) is 3. The van der Waals surface area contributed by atoms with Crippen LogP contribution in [0.2, 0.25) is 5.02 Å². The fraction of sp³-hybridized carbons (Fsp3) is 0.438. The van der Waals surface area contributed by atoms with Gasteiger partial charge in [-0.25, -0.2) is 0 Å². The summed E-state index contributed by atoms with van der Waals surface area (Å²) in [6, 6.07) is 6.08. The van der Waals surface area contributed by atoms with Crippen molar-refractivity contribution in [1.82, 2.24) is 15.1 Å². The Morgan fingerprint density at radius 3 is 2.86 bits per heavy atom. The summed E-state index contributed by atoms with van der Waals surface area (Å²) in [4.78, 5) is 2.18. The number of aromatic nitrogens is 2. The second-order valence-electron chi connectivity index (χ2n) is 5.30. The van der Waals surface area contributed by atoms with Crippen molar-refractivity contribution in [2.24, 2.45) is 7.05 Å². The van der Waals surface area contributed by atoms with Gasteiger partial charge in [0.05, 0.1) is 16.9 Å². The molecule has 0 spiro atoms. The molecule has 0 aliphatic carbocycles. The van der Waals surface area contributed by atoms with E-state index in [1.54, 1.807) is 0 Å². The lowest BCUT2D eigenvalue weighted by Crippen LogP contribution is -2.21. The van der Waals surface area contributed by atoms with Crippen LogP contribution in [0.5, 0.6) is 0 Å². The maximum Gasteiger partial charge on any atom is 0.0642 e. The molecule has 0 radical (unpaired) electrons. The van der Waals surface area contributed by atoms with Crippen molar-refractivity contribution in [3.8, 4) is 0 Å². The minimum Gasteiger partial charge on any atom is -0.369 e. The van der Waals surface area contributed by atoms with E-state index in [1.165, 1.54) is 11.1 Å². The summed E-state index contributed by atoms with van der Waals surface area (Å²) in [5, 5.41) is 8.44. The molecule has 0 unspecified atom stereocenters. The highest BCUT2D eigenvalue weighted by Crippen LogP contribution is 2.30. The van der Waals surface area contributed by atoms with Gasteiger partial charge < -0.3 is 10.2 Å². The number of rotatable bonds is 7. The molecule has 1 aromatic heterocycles. The van der Waals surface area contributed by atoms with Crippen molar-refractivity contribution in [2.45, 2.75) is 26.4 Å². The standard InChI is InChI=1S/C16H23ClN4/c1-4-8-18-10-14-6-5-7-15(17)16(14)20(2)11-13-9-19-21(3)12-13/h5-7,9,12,18H,4,8,10-11H2,1-3H3. The first-order valence-corrected chi connectivity index (χ1v) is 7.66. The molecule has 2 aromatic rings. The zero-order valence-corrected chi connectivity index (χ0v) is 13.7. The molecule has 114 valence electrons. The summed E-state index contributed by atoms with van der Waals surface area (Å²) < 4.78 is 1.82. The van der Waals surface area contributed by atoms with Gasteiger partial charge in [-0.3, -0.25) is 4.68 Å². The number of hydrogen-bond donors (Lipinski definition) is 1. The number of benzene rings is 1. The molecule has 0 fully saturated rings. The smallest absolute Gasteiger partial charge is 0.0642 e. The Kier molecular flexibility index (Phi) is 5.65. The molecule has 4 nitrogen and oxygen atoms in total. The highest BCUT2D eigenvalue weighted by Gasteiger charge is 2.12. The molecular weight excluding hydrogens is 284 g/mol. The Morgan fingerprint density at radius 2 is 2.19 bits per heavy atom. The minimum atomic E-state index is 0.789. The second-order valence-corrected chi connectivity index (χ2v) is 5.71. The maximum absolute atomic E-state index is 6.42. The molecule has 0 aliphatic heterocycles. The molecule has 0 saturated heterocycles. The summed E-state index contributed by atoms with van der Waals surface area (Å²) in [6.45, 7) is 4.80. The van der Waals surface area contributed by atoms with Crippen LogP contribution in [-0.2, 0) is 20.1 Å². The van der Waals surface area contributed by atoms with Crippen molar-refractivity contribution < 1.29 is 0 Å². The molecule has 1 N–H and O–H groups in total. The van der Waals surface area contributed by atoms with Crippen molar-refractivity contribution in [3.05, 3.63) is 46.7 Å². The molecule has 0 bridgehead atoms. The highest BCUT2D eigenvalue weighted by molar-refractivity contribution is 6.33. The van der Waals surface area contributed by atoms with Gasteiger partial charge in [-0.15, -0.1) is 0 Å². The number of halogens is 1. The van der Waals surface area contributed by atoms with Crippen LogP contribution >= 0.6 is 11.6 Å². The monoisotopic (exact) mass is 306 g/mol. The number of anilines is 1. The van der Waals surface area contributed by atoms with E-state index < -0.39 is 0 Å². The van der Waals surface area contributed by atoms with Crippen molar-refractivity contribution in [2.75, 3.05) is 18.5 Å². The molecule has 21 heavy (non-hydrogen) atoms. The minimum absolute atomic E-state index is 0.789. The first kappa shape index (κ1) is 15.9. The van der Waals surface area contributed by atoms with Crippen LogP contribution in [0, 0.1) is 0 Å². The van der Waals surface area contributed by atoms with Gasteiger partial charge >= 0.3 is 0 Å². The number of aryl methyl sites for hydroxylation is 1. The number of nitrogens with zero attached hydrogens (tertiary/aromatic N) is 3. The van der Waals surface area contributed by atoms with Gasteiger partial charge in [0, 0.05) is 38.9 Å². The Balaban J connectivity index is 2.16. The molecule has 0 amide bonds. The summed E-state index contributed by atoms with van der Waals surface area (Å²) in [6.07, 6.45) is 5.05. The van der Waals surface area contributed by atoms with Gasteiger partial charge in [0.2, 0.25) is 0 Å². The molecule has 1 aromatic carbocycles. The van der Waals surface area contributed by atoms with Crippen LogP contribution in [0.25, 0.3) is 0 Å². The first-order valence-electron chi connectivity index (χ1n) is 7.28. The lowest BCUT2D eigenvalue weighted by Gasteiger charge is -2.23. The Morgan fingerprint density at radius 1 is 1.38 bits per heavy atom. The predicted octanol–water partition coefficient (Wildman–Crippen LogP) is 3.21. The van der Waals surface area contributed by atoms with Gasteiger partial charge in [-0.1, -0.05) is 30.7 Å². The van der Waals surface area contributed by atoms with Gasteiger partial charge in [0.25, 0.3) is 0 Å². The van der Waals surface area contributed by atoms with Crippen LogP contribution in [0.3, 0.4) is 0 Å². The van der Waals surface area contributed by atoms with Crippen LogP contribution < -0.4 is 10.2 Å². The van der Waals surface area contributed by atoms with E-state index in [2.05, 4.69) is 35.4 Å². The van der Waals surface area contributed by atoms with Gasteiger partial charge in [-0.05, 0) is 24.6 Å². The van der Waals surface area contributed by atoms with Gasteiger partial charge in [-0.2, -0.15) is 5.10 Å². The van der Waals surface area contributed by atoms with Crippen LogP contribution in [-0.4, -0.2) is 23.4 Å². The molecule has 5 heteroatoms. The van der Waals surface area contributed by atoms with E-state index in [-0.39, 0.29) is 0 Å². The first-order chi connectivity index (χ1) is 10.1. The largest absolute Gasteiger partial charge is 0.369 e. The molecule has 0 atom stereocenters.